The van der Waals surface area contributed by atoms with Gasteiger partial charge in [0, 0.05) is 12.4 Å². The van der Waals surface area contributed by atoms with E-state index in [-0.39, 0.29) is 0 Å². The van der Waals surface area contributed by atoms with Crippen LogP contribution in [0, 0.1) is 0 Å². The van der Waals surface area contributed by atoms with E-state index < -0.39 is 41.6 Å². The minimum atomic E-state index is -4.67. The molecule has 0 amide bonds. The third-order valence-electron chi connectivity index (χ3n) is 0.566. The lowest BCUT2D eigenvalue weighted by molar-refractivity contribution is 0.378. The van der Waals surface area contributed by atoms with Crippen molar-refractivity contribution in [2.45, 2.75) is 0 Å². The van der Waals surface area contributed by atoms with Crippen molar-refractivity contribution in [2.24, 2.45) is 0 Å². The van der Waals surface area contributed by atoms with E-state index in [2.05, 4.69) is 4.98 Å². The SMILES string of the molecule is O=S(=O)(O)O.O=S(=O)(O)O.O=S(=O)(O)O.O=S(=O)(O)O.c1ccncc1. The van der Waals surface area contributed by atoms with Gasteiger partial charge in [-0.15, -0.1) is 0 Å². The first-order chi connectivity index (χ1) is 11.0. The van der Waals surface area contributed by atoms with Crippen molar-refractivity contribution in [3.63, 3.8) is 0 Å². The van der Waals surface area contributed by atoms with Crippen LogP contribution in [0.25, 0.3) is 0 Å². The Labute approximate surface area is 147 Å². The third-order valence-corrected chi connectivity index (χ3v) is 0.566. The smallest absolute Gasteiger partial charge is 0.265 e. The first-order valence-electron chi connectivity index (χ1n) is 4.64. The fourth-order valence-corrected chi connectivity index (χ4v) is 0.313. The average molecular weight is 471 g/mol. The van der Waals surface area contributed by atoms with Crippen molar-refractivity contribution in [3.05, 3.63) is 30.6 Å². The third kappa shape index (κ3) is 494. The van der Waals surface area contributed by atoms with E-state index in [1.165, 1.54) is 0 Å². The van der Waals surface area contributed by atoms with Crippen molar-refractivity contribution in [3.8, 4) is 0 Å². The van der Waals surface area contributed by atoms with Crippen LogP contribution in [0.15, 0.2) is 30.6 Å². The maximum atomic E-state index is 8.74. The Morgan fingerprint density at radius 1 is 0.423 bits per heavy atom. The normalized spacial score (nSPS) is 10.8. The van der Waals surface area contributed by atoms with Gasteiger partial charge in [-0.05, 0) is 12.1 Å². The molecule has 0 atom stereocenters. The van der Waals surface area contributed by atoms with Gasteiger partial charge < -0.3 is 0 Å². The number of hydrogen-bond donors (Lipinski definition) is 8. The van der Waals surface area contributed by atoms with Crippen LogP contribution in [0.3, 0.4) is 0 Å². The number of aromatic nitrogens is 1. The Morgan fingerprint density at radius 3 is 0.615 bits per heavy atom. The molecule has 0 aliphatic heterocycles. The summed E-state index contributed by atoms with van der Waals surface area (Å²) in [6.45, 7) is 0. The molecule has 21 heteroatoms. The molecule has 0 unspecified atom stereocenters. The van der Waals surface area contributed by atoms with Gasteiger partial charge in [0.1, 0.15) is 0 Å². The fraction of sp³-hybridized carbons (Fsp3) is 0. The van der Waals surface area contributed by atoms with E-state index >= 15 is 0 Å². The summed E-state index contributed by atoms with van der Waals surface area (Å²) in [5.74, 6) is 0. The number of pyridine rings is 1. The number of rotatable bonds is 0. The van der Waals surface area contributed by atoms with Crippen LogP contribution in [0.4, 0.5) is 0 Å². The monoisotopic (exact) mass is 471 g/mol. The van der Waals surface area contributed by atoms with Crippen LogP contribution < -0.4 is 0 Å². The standard InChI is InChI=1S/C5H5N.4H2O4S/c1-2-4-6-5-3-1;4*1-5(2,3)4/h1-5H;4*(H2,1,2,3,4). The Bertz CT molecular complexity index is 675. The number of nitrogens with zero attached hydrogens (tertiary/aromatic N) is 1. The van der Waals surface area contributed by atoms with Crippen LogP contribution in [0.5, 0.6) is 0 Å². The van der Waals surface area contributed by atoms with E-state index in [4.69, 9.17) is 70.1 Å². The summed E-state index contributed by atoms with van der Waals surface area (Å²) < 4.78 is 126. The van der Waals surface area contributed by atoms with Gasteiger partial charge in [-0.3, -0.25) is 41.4 Å². The zero-order valence-corrected chi connectivity index (χ0v) is 15.1. The predicted molar refractivity (Wildman–Crippen MR) is 80.9 cm³/mol. The zero-order valence-electron chi connectivity index (χ0n) is 11.8. The highest BCUT2D eigenvalue weighted by molar-refractivity contribution is 7.80. The Morgan fingerprint density at radius 2 is 0.577 bits per heavy atom. The maximum Gasteiger partial charge on any atom is 0.394 e. The minimum Gasteiger partial charge on any atom is -0.265 e. The lowest BCUT2D eigenvalue weighted by Crippen LogP contribution is -1.89. The van der Waals surface area contributed by atoms with Crippen LogP contribution >= 0.6 is 0 Å². The average Bonchev–Trinajstić information content (AvgIpc) is 2.21. The van der Waals surface area contributed by atoms with Gasteiger partial charge in [0.05, 0.1) is 0 Å². The first kappa shape index (κ1) is 32.3. The van der Waals surface area contributed by atoms with Crippen molar-refractivity contribution in [1.29, 1.82) is 0 Å². The highest BCUT2D eigenvalue weighted by Gasteiger charge is 1.86. The molecule has 0 fully saturated rings. The van der Waals surface area contributed by atoms with Gasteiger partial charge in [0.2, 0.25) is 0 Å². The topological polar surface area (TPSA) is 311 Å². The number of hydrogen-bond acceptors (Lipinski definition) is 9. The van der Waals surface area contributed by atoms with Crippen LogP contribution in [0.2, 0.25) is 0 Å². The molecule has 0 aliphatic carbocycles. The van der Waals surface area contributed by atoms with Crippen LogP contribution in [-0.2, 0) is 41.6 Å². The van der Waals surface area contributed by atoms with Crippen LogP contribution in [0.1, 0.15) is 0 Å². The van der Waals surface area contributed by atoms with Gasteiger partial charge >= 0.3 is 41.6 Å². The summed E-state index contributed by atoms with van der Waals surface area (Å²) >= 11 is 0. The highest BCUT2D eigenvalue weighted by atomic mass is 32.3. The molecular formula is C5H13NO16S4. The molecule has 158 valence electrons. The molecule has 0 aliphatic rings. The molecule has 1 aromatic heterocycles. The molecule has 17 nitrogen and oxygen atoms in total. The summed E-state index contributed by atoms with van der Waals surface area (Å²) in [6, 6.07) is 5.72. The summed E-state index contributed by atoms with van der Waals surface area (Å²) in [6.07, 6.45) is 3.50. The predicted octanol–water partition coefficient (Wildman–Crippen LogP) is -1.53. The van der Waals surface area contributed by atoms with E-state index in [1.807, 2.05) is 18.2 Å². The van der Waals surface area contributed by atoms with Gasteiger partial charge in [-0.2, -0.15) is 33.7 Å². The molecule has 26 heavy (non-hydrogen) atoms. The summed E-state index contributed by atoms with van der Waals surface area (Å²) in [7, 11) is -18.7. The molecule has 0 saturated heterocycles. The van der Waals surface area contributed by atoms with E-state index in [0.717, 1.165) is 0 Å². The second-order valence-electron chi connectivity index (χ2n) is 2.82. The van der Waals surface area contributed by atoms with E-state index in [9.17, 15) is 0 Å². The second kappa shape index (κ2) is 14.8. The fourth-order valence-electron chi connectivity index (χ4n) is 0.313. The van der Waals surface area contributed by atoms with Crippen molar-refractivity contribution in [2.75, 3.05) is 0 Å². The first-order valence-corrected chi connectivity index (χ1v) is 10.2. The highest BCUT2D eigenvalue weighted by Crippen LogP contribution is 1.73. The van der Waals surface area contributed by atoms with E-state index in [0.29, 0.717) is 0 Å². The molecular weight excluding hydrogens is 458 g/mol. The molecule has 1 heterocycles. The lowest BCUT2D eigenvalue weighted by Gasteiger charge is -1.70. The van der Waals surface area contributed by atoms with Crippen molar-refractivity contribution < 1.29 is 70.1 Å². The summed E-state index contributed by atoms with van der Waals surface area (Å²) in [5, 5.41) is 0. The quantitative estimate of drug-likeness (QED) is 0.199. The Kier molecular flexibility index (Phi) is 18.3. The Balaban J connectivity index is -0.000000117. The lowest BCUT2D eigenvalue weighted by atomic mass is 10.5. The van der Waals surface area contributed by atoms with Crippen LogP contribution in [-0.4, -0.2) is 75.1 Å². The molecule has 1 rings (SSSR count). The Hall–Kier alpha value is -1.37. The van der Waals surface area contributed by atoms with E-state index in [1.54, 1.807) is 12.4 Å². The summed E-state index contributed by atoms with van der Waals surface area (Å²) in [5.41, 5.74) is 0. The van der Waals surface area contributed by atoms with Gasteiger partial charge in [0.15, 0.2) is 0 Å². The van der Waals surface area contributed by atoms with Gasteiger partial charge in [0.25, 0.3) is 0 Å². The van der Waals surface area contributed by atoms with Crippen molar-refractivity contribution in [1.82, 2.24) is 4.98 Å². The molecule has 0 saturated carbocycles. The van der Waals surface area contributed by atoms with Crippen molar-refractivity contribution >= 4 is 41.6 Å². The summed E-state index contributed by atoms with van der Waals surface area (Å²) in [4.78, 5) is 3.78. The van der Waals surface area contributed by atoms with Gasteiger partial charge in [-0.25, -0.2) is 0 Å². The molecule has 0 bridgehead atoms. The zero-order chi connectivity index (χ0) is 22.2. The largest absolute Gasteiger partial charge is 0.394 e. The maximum absolute atomic E-state index is 8.74. The molecule has 0 spiro atoms. The molecule has 0 radical (unpaired) electrons. The molecule has 8 N–H and O–H groups in total. The second-order valence-corrected chi connectivity index (χ2v) is 6.40. The van der Waals surface area contributed by atoms with Gasteiger partial charge in [-0.1, -0.05) is 6.07 Å². The minimum absolute atomic E-state index is 1.75. The molecule has 0 aromatic carbocycles. The molecule has 1 aromatic rings.